The van der Waals surface area contributed by atoms with Crippen LogP contribution in [0.25, 0.3) is 10.9 Å². The molecule has 7 heteroatoms. The van der Waals surface area contributed by atoms with Crippen molar-refractivity contribution in [1.82, 2.24) is 9.97 Å². The maximum Gasteiger partial charge on any atom is 0.221 e. The second kappa shape index (κ2) is 6.21. The Bertz CT molecular complexity index is 897. The molecule has 116 valence electrons. The first-order valence-corrected chi connectivity index (χ1v) is 7.66. The highest BCUT2D eigenvalue weighted by Crippen LogP contribution is 2.30. The number of rotatable bonds is 3. The average molecular weight is 372 g/mol. The van der Waals surface area contributed by atoms with Crippen molar-refractivity contribution in [2.45, 2.75) is 6.92 Å². The van der Waals surface area contributed by atoms with Gasteiger partial charge in [0, 0.05) is 22.5 Å². The minimum absolute atomic E-state index is 0.183. The number of nitrogens with zero attached hydrogens (tertiary/aromatic N) is 2. The summed E-state index contributed by atoms with van der Waals surface area (Å²) in [5, 5.41) is 6.72. The summed E-state index contributed by atoms with van der Waals surface area (Å²) in [7, 11) is 0. The lowest BCUT2D eigenvalue weighted by atomic mass is 10.1. The highest BCUT2D eigenvalue weighted by Gasteiger charge is 2.09. The average Bonchev–Trinajstić information content (AvgIpc) is 2.48. The highest BCUT2D eigenvalue weighted by molar-refractivity contribution is 9.10. The third-order valence-electron chi connectivity index (χ3n) is 3.20. The number of carbonyl (C=O) groups is 1. The van der Waals surface area contributed by atoms with Crippen molar-refractivity contribution in [3.63, 3.8) is 0 Å². The zero-order valence-electron chi connectivity index (χ0n) is 12.3. The number of anilines is 4. The Balaban J connectivity index is 2.04. The van der Waals surface area contributed by atoms with Crippen LogP contribution >= 0.6 is 15.9 Å². The van der Waals surface area contributed by atoms with E-state index in [0.717, 1.165) is 15.5 Å². The number of hydrogen-bond donors (Lipinski definition) is 3. The van der Waals surface area contributed by atoms with Crippen molar-refractivity contribution in [3.05, 3.63) is 47.2 Å². The zero-order chi connectivity index (χ0) is 16.4. The molecule has 0 radical (unpaired) electrons. The largest absolute Gasteiger partial charge is 0.397 e. The van der Waals surface area contributed by atoms with Crippen LogP contribution in [0.1, 0.15) is 6.92 Å². The van der Waals surface area contributed by atoms with E-state index in [1.165, 1.54) is 13.3 Å². The number of amides is 1. The predicted octanol–water partition coefficient (Wildman–Crippen LogP) is 3.68. The molecular weight excluding hydrogens is 358 g/mol. The Labute approximate surface area is 141 Å². The van der Waals surface area contributed by atoms with Crippen LogP contribution in [0.15, 0.2) is 47.2 Å². The fourth-order valence-electron chi connectivity index (χ4n) is 2.22. The maximum atomic E-state index is 11.2. The van der Waals surface area contributed by atoms with Crippen LogP contribution in [0.2, 0.25) is 0 Å². The van der Waals surface area contributed by atoms with E-state index < -0.39 is 0 Å². The first-order valence-electron chi connectivity index (χ1n) is 6.87. The van der Waals surface area contributed by atoms with Gasteiger partial charge in [0.15, 0.2) is 0 Å². The van der Waals surface area contributed by atoms with Crippen LogP contribution in [-0.4, -0.2) is 15.9 Å². The summed E-state index contributed by atoms with van der Waals surface area (Å²) in [6, 6.07) is 11.2. The molecule has 4 N–H and O–H groups in total. The zero-order valence-corrected chi connectivity index (χ0v) is 13.9. The van der Waals surface area contributed by atoms with Crippen molar-refractivity contribution in [2.24, 2.45) is 0 Å². The molecule has 0 aliphatic carbocycles. The number of nitrogen functional groups attached to an aromatic ring is 1. The van der Waals surface area contributed by atoms with Gasteiger partial charge in [-0.25, -0.2) is 9.97 Å². The van der Waals surface area contributed by atoms with Gasteiger partial charge < -0.3 is 16.4 Å². The molecule has 0 unspecified atom stereocenters. The van der Waals surface area contributed by atoms with Crippen LogP contribution in [0, 0.1) is 0 Å². The van der Waals surface area contributed by atoms with Crippen LogP contribution in [0.5, 0.6) is 0 Å². The number of hydrogen-bond acceptors (Lipinski definition) is 5. The second-order valence-electron chi connectivity index (χ2n) is 5.00. The molecule has 0 fully saturated rings. The first kappa shape index (κ1) is 15.2. The van der Waals surface area contributed by atoms with Gasteiger partial charge in [0.1, 0.15) is 12.1 Å². The highest BCUT2D eigenvalue weighted by atomic mass is 79.9. The van der Waals surface area contributed by atoms with Crippen molar-refractivity contribution < 1.29 is 4.79 Å². The lowest BCUT2D eigenvalue weighted by molar-refractivity contribution is -0.114. The normalized spacial score (nSPS) is 10.5. The van der Waals surface area contributed by atoms with Crippen LogP contribution in [0.4, 0.5) is 22.9 Å². The molecule has 3 rings (SSSR count). The molecule has 0 saturated heterocycles. The topological polar surface area (TPSA) is 92.9 Å². The van der Waals surface area contributed by atoms with Gasteiger partial charge in [0.2, 0.25) is 5.91 Å². The second-order valence-corrected chi connectivity index (χ2v) is 5.91. The van der Waals surface area contributed by atoms with Gasteiger partial charge in [0.05, 0.1) is 16.9 Å². The Morgan fingerprint density at radius 2 is 2.04 bits per heavy atom. The van der Waals surface area contributed by atoms with E-state index in [9.17, 15) is 4.79 Å². The van der Waals surface area contributed by atoms with E-state index in [4.69, 9.17) is 5.73 Å². The molecule has 0 saturated carbocycles. The summed E-state index contributed by atoms with van der Waals surface area (Å²) >= 11 is 3.44. The van der Waals surface area contributed by atoms with Crippen LogP contribution < -0.4 is 16.4 Å². The van der Waals surface area contributed by atoms with Gasteiger partial charge >= 0.3 is 0 Å². The molecule has 2 aromatic carbocycles. The van der Waals surface area contributed by atoms with Crippen molar-refractivity contribution in [3.8, 4) is 0 Å². The third kappa shape index (κ3) is 3.40. The van der Waals surface area contributed by atoms with Gasteiger partial charge in [-0.05, 0) is 30.3 Å². The third-order valence-corrected chi connectivity index (χ3v) is 3.70. The molecule has 0 spiro atoms. The number of nitrogens with two attached hydrogens (primary N) is 1. The molecule has 0 atom stereocenters. The molecule has 0 bridgehead atoms. The Kier molecular flexibility index (Phi) is 4.12. The van der Waals surface area contributed by atoms with Crippen LogP contribution in [-0.2, 0) is 4.79 Å². The first-order chi connectivity index (χ1) is 11.0. The summed E-state index contributed by atoms with van der Waals surface area (Å²) in [5.41, 5.74) is 8.60. The van der Waals surface area contributed by atoms with Gasteiger partial charge in [-0.2, -0.15) is 0 Å². The van der Waals surface area contributed by atoms with E-state index in [-0.39, 0.29) is 5.91 Å². The molecule has 1 aromatic heterocycles. The summed E-state index contributed by atoms with van der Waals surface area (Å²) in [5.74, 6) is 0.465. The number of carbonyl (C=O) groups excluding carboxylic acids is 1. The van der Waals surface area contributed by atoms with Gasteiger partial charge in [-0.3, -0.25) is 4.79 Å². The number of benzene rings is 2. The smallest absolute Gasteiger partial charge is 0.221 e. The number of fused-ring (bicyclic) bond motifs is 1. The standard InChI is InChI=1S/C16H14BrN5O/c1-9(23)21-15-7-14-12(6-13(15)18)16(20-8-19-14)22-11-4-2-3-10(17)5-11/h2-8H,18H2,1H3,(H,21,23)(H,19,20,22). The SMILES string of the molecule is CC(=O)Nc1cc2ncnc(Nc3cccc(Br)c3)c2cc1N. The van der Waals surface area contributed by atoms with Gasteiger partial charge in [-0.15, -0.1) is 0 Å². The molecule has 0 aliphatic heterocycles. The molecule has 1 amide bonds. The number of halogens is 1. The molecule has 3 aromatic rings. The summed E-state index contributed by atoms with van der Waals surface area (Å²) in [4.78, 5) is 19.8. The van der Waals surface area contributed by atoms with E-state index in [1.54, 1.807) is 12.1 Å². The molecular formula is C16H14BrN5O. The van der Waals surface area contributed by atoms with Crippen molar-refractivity contribution in [1.29, 1.82) is 0 Å². The predicted molar refractivity (Wildman–Crippen MR) is 95.7 cm³/mol. The fourth-order valence-corrected chi connectivity index (χ4v) is 2.62. The van der Waals surface area contributed by atoms with Crippen LogP contribution in [0.3, 0.4) is 0 Å². The number of nitrogens with one attached hydrogen (secondary N) is 2. The minimum Gasteiger partial charge on any atom is -0.397 e. The summed E-state index contributed by atoms with van der Waals surface area (Å²) in [6.45, 7) is 1.43. The Morgan fingerprint density at radius 1 is 1.22 bits per heavy atom. The van der Waals surface area contributed by atoms with E-state index in [0.29, 0.717) is 22.7 Å². The Morgan fingerprint density at radius 3 is 2.78 bits per heavy atom. The molecule has 0 aliphatic rings. The Hall–Kier alpha value is -2.67. The molecule has 23 heavy (non-hydrogen) atoms. The number of aromatic nitrogens is 2. The lowest BCUT2D eigenvalue weighted by Crippen LogP contribution is -2.08. The van der Waals surface area contributed by atoms with Crippen molar-refractivity contribution in [2.75, 3.05) is 16.4 Å². The van der Waals surface area contributed by atoms with E-state index >= 15 is 0 Å². The van der Waals surface area contributed by atoms with E-state index in [1.807, 2.05) is 24.3 Å². The molecule has 6 nitrogen and oxygen atoms in total. The monoisotopic (exact) mass is 371 g/mol. The minimum atomic E-state index is -0.183. The fraction of sp³-hybridized carbons (Fsp3) is 0.0625. The lowest BCUT2D eigenvalue weighted by Gasteiger charge is -2.12. The van der Waals surface area contributed by atoms with Gasteiger partial charge in [0.25, 0.3) is 0 Å². The molecule has 1 heterocycles. The quantitative estimate of drug-likeness (QED) is 0.610. The summed E-state index contributed by atoms with van der Waals surface area (Å²) in [6.07, 6.45) is 1.47. The van der Waals surface area contributed by atoms with Crippen molar-refractivity contribution >= 4 is 55.6 Å². The summed E-state index contributed by atoms with van der Waals surface area (Å²) < 4.78 is 0.966. The van der Waals surface area contributed by atoms with Gasteiger partial charge in [-0.1, -0.05) is 22.0 Å². The maximum absolute atomic E-state index is 11.2. The van der Waals surface area contributed by atoms with E-state index in [2.05, 4.69) is 36.5 Å².